The molecule has 0 saturated carbocycles. The van der Waals surface area contributed by atoms with Gasteiger partial charge in [-0.3, -0.25) is 9.59 Å². The van der Waals surface area contributed by atoms with Gasteiger partial charge in [0.1, 0.15) is 0 Å². The van der Waals surface area contributed by atoms with Gasteiger partial charge in [0.05, 0.1) is 0 Å². The van der Waals surface area contributed by atoms with Crippen molar-refractivity contribution in [1.29, 1.82) is 0 Å². The lowest BCUT2D eigenvalue weighted by Crippen LogP contribution is -2.49. The maximum absolute atomic E-state index is 12.0. The summed E-state index contributed by atoms with van der Waals surface area (Å²) in [7, 11) is 0. The molecule has 118 valence electrons. The van der Waals surface area contributed by atoms with Crippen molar-refractivity contribution >= 4 is 24.1 Å². The zero-order valence-corrected chi connectivity index (χ0v) is 13.8. The van der Waals surface area contributed by atoms with Crippen LogP contribution in [0, 0.1) is 0 Å². The predicted octanol–water partition coefficient (Wildman–Crippen LogP) is 2.95. The fraction of sp³-hybridized carbons (Fsp3) is 0.500. The zero-order chi connectivity index (χ0) is 15.2. The van der Waals surface area contributed by atoms with Crippen molar-refractivity contribution in [2.24, 2.45) is 5.73 Å². The number of nitrogens with one attached hydrogen (secondary N) is 1. The molecule has 3 N–H and O–H groups in total. The number of hydrogen-bond acceptors (Lipinski definition) is 3. The Morgan fingerprint density at radius 2 is 1.52 bits per heavy atom. The molecule has 1 aromatic carbocycles. The van der Waals surface area contributed by atoms with Crippen LogP contribution >= 0.6 is 12.4 Å². The molecule has 0 aliphatic rings. The fourth-order valence-electron chi connectivity index (χ4n) is 1.87. The summed E-state index contributed by atoms with van der Waals surface area (Å²) in [5, 5.41) is 2.86. The van der Waals surface area contributed by atoms with Crippen LogP contribution in [-0.2, 0) is 0 Å². The van der Waals surface area contributed by atoms with Gasteiger partial charge in [0, 0.05) is 29.6 Å². The summed E-state index contributed by atoms with van der Waals surface area (Å²) in [5.74, 6) is -0.0767. The van der Waals surface area contributed by atoms with Gasteiger partial charge in [0.15, 0.2) is 5.78 Å². The van der Waals surface area contributed by atoms with E-state index in [-0.39, 0.29) is 29.6 Å². The van der Waals surface area contributed by atoms with Gasteiger partial charge in [-0.15, -0.1) is 12.4 Å². The van der Waals surface area contributed by atoms with E-state index in [1.165, 1.54) is 0 Å². The lowest BCUT2D eigenvalue weighted by molar-refractivity contribution is 0.0939. The van der Waals surface area contributed by atoms with Gasteiger partial charge < -0.3 is 11.1 Å². The largest absolute Gasteiger partial charge is 0.350 e. The maximum atomic E-state index is 12.0. The lowest BCUT2D eigenvalue weighted by Gasteiger charge is -2.26. The number of Topliss-reactive ketones (excluding diaryl/α,β-unsaturated/α-hetero) is 1. The summed E-state index contributed by atoms with van der Waals surface area (Å²) in [6.07, 6.45) is 2.09. The second-order valence-corrected chi connectivity index (χ2v) is 5.11. The van der Waals surface area contributed by atoms with E-state index < -0.39 is 0 Å². The minimum absolute atomic E-state index is 0. The highest BCUT2D eigenvalue weighted by Gasteiger charge is 2.21. The van der Waals surface area contributed by atoms with Gasteiger partial charge in [0.25, 0.3) is 5.91 Å². The standard InChI is InChI=1S/C16H24N2O2.ClH/c1-4-14(19)12-7-9-13(10-8-12)15(20)18-11-16(17,5-2)6-3;/h7-10H,4-6,11,17H2,1-3H3,(H,18,20);1H. The Balaban J connectivity index is 0.00000400. The average Bonchev–Trinajstić information content (AvgIpc) is 2.51. The summed E-state index contributed by atoms with van der Waals surface area (Å²) in [5.41, 5.74) is 6.98. The molecule has 0 aromatic heterocycles. The topological polar surface area (TPSA) is 72.2 Å². The van der Waals surface area contributed by atoms with Gasteiger partial charge in [-0.1, -0.05) is 32.9 Å². The van der Waals surface area contributed by atoms with Crippen LogP contribution in [0.3, 0.4) is 0 Å². The quantitative estimate of drug-likeness (QED) is 0.760. The maximum Gasteiger partial charge on any atom is 0.251 e. The summed E-state index contributed by atoms with van der Waals surface area (Å²) in [6.45, 7) is 6.30. The third-order valence-corrected chi connectivity index (χ3v) is 3.80. The molecule has 4 nitrogen and oxygen atoms in total. The van der Waals surface area contributed by atoms with Crippen molar-refractivity contribution in [2.75, 3.05) is 6.54 Å². The minimum atomic E-state index is -0.353. The first-order chi connectivity index (χ1) is 9.45. The van der Waals surface area contributed by atoms with E-state index >= 15 is 0 Å². The first kappa shape index (κ1) is 19.6. The number of benzene rings is 1. The van der Waals surface area contributed by atoms with Crippen LogP contribution in [0.15, 0.2) is 24.3 Å². The van der Waals surface area contributed by atoms with Crippen LogP contribution < -0.4 is 11.1 Å². The van der Waals surface area contributed by atoms with Gasteiger partial charge in [0.2, 0.25) is 0 Å². The molecule has 1 rings (SSSR count). The van der Waals surface area contributed by atoms with Gasteiger partial charge in [-0.2, -0.15) is 0 Å². The van der Waals surface area contributed by atoms with Crippen LogP contribution in [0.2, 0.25) is 0 Å². The molecule has 1 amide bonds. The van der Waals surface area contributed by atoms with Crippen molar-refractivity contribution in [1.82, 2.24) is 5.32 Å². The SMILES string of the molecule is CCC(=O)c1ccc(C(=O)NCC(N)(CC)CC)cc1.Cl. The summed E-state index contributed by atoms with van der Waals surface area (Å²) < 4.78 is 0. The second kappa shape index (κ2) is 8.80. The van der Waals surface area contributed by atoms with E-state index in [9.17, 15) is 9.59 Å². The van der Waals surface area contributed by atoms with Crippen molar-refractivity contribution in [3.05, 3.63) is 35.4 Å². The molecule has 0 spiro atoms. The number of halogens is 1. The molecule has 0 aliphatic heterocycles. The average molecular weight is 313 g/mol. The second-order valence-electron chi connectivity index (χ2n) is 5.11. The number of carbonyl (C=O) groups excluding carboxylic acids is 2. The molecule has 0 radical (unpaired) electrons. The Kier molecular flexibility index (Phi) is 8.22. The molecule has 0 heterocycles. The van der Waals surface area contributed by atoms with E-state index in [1.54, 1.807) is 24.3 Å². The Hall–Kier alpha value is -1.39. The lowest BCUT2D eigenvalue weighted by atomic mass is 9.94. The van der Waals surface area contributed by atoms with Crippen LogP contribution in [0.1, 0.15) is 60.7 Å². The fourth-order valence-corrected chi connectivity index (χ4v) is 1.87. The van der Waals surface area contributed by atoms with Crippen molar-refractivity contribution in [3.63, 3.8) is 0 Å². The number of nitrogens with two attached hydrogens (primary N) is 1. The van der Waals surface area contributed by atoms with Gasteiger partial charge in [-0.05, 0) is 25.0 Å². The van der Waals surface area contributed by atoms with E-state index in [4.69, 9.17) is 5.73 Å². The van der Waals surface area contributed by atoms with Gasteiger partial charge >= 0.3 is 0 Å². The van der Waals surface area contributed by atoms with Crippen LogP contribution in [0.5, 0.6) is 0 Å². The first-order valence-corrected chi connectivity index (χ1v) is 7.16. The minimum Gasteiger partial charge on any atom is -0.350 e. The summed E-state index contributed by atoms with van der Waals surface area (Å²) in [4.78, 5) is 23.5. The molecule has 0 saturated heterocycles. The zero-order valence-electron chi connectivity index (χ0n) is 12.9. The van der Waals surface area contributed by atoms with Crippen molar-refractivity contribution in [3.8, 4) is 0 Å². The molecular weight excluding hydrogens is 288 g/mol. The molecular formula is C16H25ClN2O2. The highest BCUT2D eigenvalue weighted by atomic mass is 35.5. The van der Waals surface area contributed by atoms with Crippen LogP contribution in [0.25, 0.3) is 0 Å². The Bertz CT molecular complexity index is 468. The van der Waals surface area contributed by atoms with E-state index in [0.717, 1.165) is 12.8 Å². The van der Waals surface area contributed by atoms with Crippen molar-refractivity contribution < 1.29 is 9.59 Å². The van der Waals surface area contributed by atoms with Crippen LogP contribution in [-0.4, -0.2) is 23.8 Å². The molecule has 0 aliphatic carbocycles. The Morgan fingerprint density at radius 1 is 1.05 bits per heavy atom. The normalized spacial score (nSPS) is 10.7. The number of carbonyl (C=O) groups is 2. The third kappa shape index (κ3) is 5.48. The molecule has 0 fully saturated rings. The molecule has 0 unspecified atom stereocenters. The van der Waals surface area contributed by atoms with E-state index in [0.29, 0.717) is 24.1 Å². The Morgan fingerprint density at radius 3 is 1.95 bits per heavy atom. The molecule has 0 bridgehead atoms. The first-order valence-electron chi connectivity index (χ1n) is 7.16. The van der Waals surface area contributed by atoms with Crippen LogP contribution in [0.4, 0.5) is 0 Å². The molecule has 1 aromatic rings. The molecule has 21 heavy (non-hydrogen) atoms. The van der Waals surface area contributed by atoms with E-state index in [1.807, 2.05) is 20.8 Å². The predicted molar refractivity (Wildman–Crippen MR) is 88.1 cm³/mol. The number of ketones is 1. The van der Waals surface area contributed by atoms with Crippen molar-refractivity contribution in [2.45, 2.75) is 45.6 Å². The smallest absolute Gasteiger partial charge is 0.251 e. The number of amides is 1. The molecule has 5 heteroatoms. The summed E-state index contributed by atoms with van der Waals surface area (Å²) >= 11 is 0. The highest BCUT2D eigenvalue weighted by molar-refractivity contribution is 5.98. The third-order valence-electron chi connectivity index (χ3n) is 3.80. The monoisotopic (exact) mass is 312 g/mol. The highest BCUT2D eigenvalue weighted by Crippen LogP contribution is 2.11. The van der Waals surface area contributed by atoms with Gasteiger partial charge in [-0.25, -0.2) is 0 Å². The van der Waals surface area contributed by atoms with E-state index in [2.05, 4.69) is 5.32 Å². The Labute approximate surface area is 132 Å². The number of rotatable bonds is 7. The summed E-state index contributed by atoms with van der Waals surface area (Å²) in [6, 6.07) is 6.73. The number of hydrogen-bond donors (Lipinski definition) is 2. The molecule has 0 atom stereocenters.